The van der Waals surface area contributed by atoms with Crippen molar-refractivity contribution in [1.29, 1.82) is 0 Å². The van der Waals surface area contributed by atoms with Crippen LogP contribution in [0.4, 0.5) is 0 Å². The molecule has 178 valence electrons. The van der Waals surface area contributed by atoms with Crippen LogP contribution in [0.3, 0.4) is 0 Å². The lowest BCUT2D eigenvalue weighted by Gasteiger charge is -2.34. The maximum atomic E-state index is 13.5. The van der Waals surface area contributed by atoms with Crippen LogP contribution in [-0.4, -0.2) is 58.9 Å². The summed E-state index contributed by atoms with van der Waals surface area (Å²) in [6.07, 6.45) is 1.99. The summed E-state index contributed by atoms with van der Waals surface area (Å²) >= 11 is 0. The van der Waals surface area contributed by atoms with Crippen LogP contribution in [0.2, 0.25) is 0 Å². The molecule has 1 aliphatic rings. The number of benzene rings is 3. The van der Waals surface area contributed by atoms with Crippen molar-refractivity contribution in [3.05, 3.63) is 108 Å². The third-order valence-corrected chi connectivity index (χ3v) is 6.57. The average Bonchev–Trinajstić information content (AvgIpc) is 3.27. The van der Waals surface area contributed by atoms with E-state index in [1.165, 1.54) is 5.56 Å². The van der Waals surface area contributed by atoms with Crippen molar-refractivity contribution in [3.8, 4) is 0 Å². The highest BCUT2D eigenvalue weighted by atomic mass is 16.2. The van der Waals surface area contributed by atoms with Gasteiger partial charge in [0.2, 0.25) is 5.91 Å². The summed E-state index contributed by atoms with van der Waals surface area (Å²) in [5.41, 5.74) is 4.09. The number of carbonyl (C=O) groups is 2. The Morgan fingerprint density at radius 2 is 1.37 bits per heavy atom. The van der Waals surface area contributed by atoms with E-state index in [4.69, 9.17) is 0 Å². The summed E-state index contributed by atoms with van der Waals surface area (Å²) in [5, 5.41) is 3.97. The predicted octanol–water partition coefficient (Wildman–Crippen LogP) is 3.76. The molecule has 2 heterocycles. The largest absolute Gasteiger partial charge is 0.351 e. The minimum absolute atomic E-state index is 0.0117. The van der Waals surface area contributed by atoms with E-state index >= 15 is 0 Å². The molecule has 0 spiro atoms. The number of amides is 2. The van der Waals surface area contributed by atoms with E-state index in [1.807, 2.05) is 77.8 Å². The lowest BCUT2D eigenvalue weighted by Crippen LogP contribution is -2.51. The van der Waals surface area contributed by atoms with Gasteiger partial charge in [0.05, 0.1) is 12.1 Å². The third kappa shape index (κ3) is 5.44. The van der Waals surface area contributed by atoms with Crippen molar-refractivity contribution < 1.29 is 9.59 Å². The molecule has 3 aromatic carbocycles. The molecule has 6 nitrogen and oxygen atoms in total. The summed E-state index contributed by atoms with van der Waals surface area (Å²) < 4.78 is 2.16. The Hall–Kier alpha value is -3.90. The van der Waals surface area contributed by atoms with Crippen molar-refractivity contribution in [3.63, 3.8) is 0 Å². The molecule has 1 N–H and O–H groups in total. The SMILES string of the molecule is O=C(CN1CCN(C(=O)c2cn(Cc3ccccc3)c3ccccc23)CC1)NCc1ccccc1. The molecule has 1 saturated heterocycles. The Bertz CT molecular complexity index is 1290. The second-order valence-corrected chi connectivity index (χ2v) is 9.00. The molecule has 6 heteroatoms. The number of carbonyl (C=O) groups excluding carboxylic acids is 2. The third-order valence-electron chi connectivity index (χ3n) is 6.57. The molecular formula is C29H30N4O2. The number of piperazine rings is 1. The summed E-state index contributed by atoms with van der Waals surface area (Å²) in [6.45, 7) is 4.21. The lowest BCUT2D eigenvalue weighted by atomic mass is 10.1. The van der Waals surface area contributed by atoms with Crippen LogP contribution in [0, 0.1) is 0 Å². The maximum absolute atomic E-state index is 13.5. The van der Waals surface area contributed by atoms with E-state index in [0.29, 0.717) is 39.3 Å². The van der Waals surface area contributed by atoms with Crippen LogP contribution in [0.1, 0.15) is 21.5 Å². The first-order valence-electron chi connectivity index (χ1n) is 12.1. The van der Waals surface area contributed by atoms with Crippen molar-refractivity contribution in [2.24, 2.45) is 0 Å². The van der Waals surface area contributed by atoms with E-state index in [1.54, 1.807) is 0 Å². The van der Waals surface area contributed by atoms with E-state index in [0.717, 1.165) is 28.6 Å². The van der Waals surface area contributed by atoms with Gasteiger partial charge in [-0.15, -0.1) is 0 Å². The first kappa shape index (κ1) is 22.9. The Morgan fingerprint density at radius 3 is 2.09 bits per heavy atom. The number of para-hydroxylation sites is 1. The monoisotopic (exact) mass is 466 g/mol. The van der Waals surface area contributed by atoms with E-state index in [2.05, 4.69) is 33.0 Å². The molecule has 35 heavy (non-hydrogen) atoms. The van der Waals surface area contributed by atoms with Gasteiger partial charge in [0, 0.05) is 56.4 Å². The van der Waals surface area contributed by atoms with E-state index < -0.39 is 0 Å². The number of rotatable bonds is 7. The van der Waals surface area contributed by atoms with Gasteiger partial charge in [-0.2, -0.15) is 0 Å². The highest BCUT2D eigenvalue weighted by Crippen LogP contribution is 2.24. The molecule has 2 amide bonds. The number of nitrogens with zero attached hydrogens (tertiary/aromatic N) is 3. The quantitative estimate of drug-likeness (QED) is 0.451. The normalized spacial score (nSPS) is 14.2. The second-order valence-electron chi connectivity index (χ2n) is 9.00. The molecule has 0 radical (unpaired) electrons. The van der Waals surface area contributed by atoms with Crippen LogP contribution in [0.25, 0.3) is 10.9 Å². The molecule has 1 fully saturated rings. The molecule has 4 aromatic rings. The van der Waals surface area contributed by atoms with Gasteiger partial charge >= 0.3 is 0 Å². The van der Waals surface area contributed by atoms with Gasteiger partial charge in [-0.3, -0.25) is 14.5 Å². The minimum Gasteiger partial charge on any atom is -0.351 e. The summed E-state index contributed by atoms with van der Waals surface area (Å²) in [6, 6.07) is 28.3. The Kier molecular flexibility index (Phi) is 6.91. The zero-order valence-corrected chi connectivity index (χ0v) is 19.8. The molecule has 0 bridgehead atoms. The van der Waals surface area contributed by atoms with Crippen molar-refractivity contribution in [1.82, 2.24) is 19.7 Å². The van der Waals surface area contributed by atoms with Crippen molar-refractivity contribution in [2.45, 2.75) is 13.1 Å². The lowest BCUT2D eigenvalue weighted by molar-refractivity contribution is -0.122. The molecule has 5 rings (SSSR count). The number of nitrogens with one attached hydrogen (secondary N) is 1. The average molecular weight is 467 g/mol. The van der Waals surface area contributed by atoms with Crippen LogP contribution in [-0.2, 0) is 17.9 Å². The summed E-state index contributed by atoms with van der Waals surface area (Å²) in [5.74, 6) is 0.0683. The standard InChI is InChI=1S/C29H30N4O2/c34-28(30-19-23-9-3-1-4-10-23)22-31-15-17-32(18-16-31)29(35)26-21-33(20-24-11-5-2-6-12-24)27-14-8-7-13-25(26)27/h1-14,21H,15-20,22H2,(H,30,34). The van der Waals surface area contributed by atoms with Gasteiger partial charge in [-0.25, -0.2) is 0 Å². The van der Waals surface area contributed by atoms with Gasteiger partial charge in [0.25, 0.3) is 5.91 Å². The number of aromatic nitrogens is 1. The molecule has 1 aromatic heterocycles. The van der Waals surface area contributed by atoms with Crippen molar-refractivity contribution in [2.75, 3.05) is 32.7 Å². The fourth-order valence-electron chi connectivity index (χ4n) is 4.66. The van der Waals surface area contributed by atoms with Crippen LogP contribution in [0.5, 0.6) is 0 Å². The highest BCUT2D eigenvalue weighted by Gasteiger charge is 2.25. The van der Waals surface area contributed by atoms with Crippen LogP contribution < -0.4 is 5.32 Å². The Balaban J connectivity index is 1.20. The van der Waals surface area contributed by atoms with Crippen LogP contribution in [0.15, 0.2) is 91.1 Å². The highest BCUT2D eigenvalue weighted by molar-refractivity contribution is 6.07. The summed E-state index contributed by atoms with van der Waals surface area (Å²) in [7, 11) is 0. The van der Waals surface area contributed by atoms with E-state index in [9.17, 15) is 9.59 Å². The fourth-order valence-corrected chi connectivity index (χ4v) is 4.66. The number of hydrogen-bond donors (Lipinski definition) is 1. The van der Waals surface area contributed by atoms with Gasteiger partial charge in [0.1, 0.15) is 0 Å². The first-order valence-corrected chi connectivity index (χ1v) is 12.1. The molecule has 1 aliphatic heterocycles. The molecular weight excluding hydrogens is 436 g/mol. The Morgan fingerprint density at radius 1 is 0.743 bits per heavy atom. The number of fused-ring (bicyclic) bond motifs is 1. The van der Waals surface area contributed by atoms with Gasteiger partial charge in [-0.05, 0) is 17.2 Å². The second kappa shape index (κ2) is 10.6. The van der Waals surface area contributed by atoms with Crippen molar-refractivity contribution >= 4 is 22.7 Å². The van der Waals surface area contributed by atoms with Gasteiger partial charge in [0.15, 0.2) is 0 Å². The molecule has 0 saturated carbocycles. The molecule has 0 atom stereocenters. The van der Waals surface area contributed by atoms with Gasteiger partial charge in [-0.1, -0.05) is 78.9 Å². The van der Waals surface area contributed by atoms with Gasteiger partial charge < -0.3 is 14.8 Å². The summed E-state index contributed by atoms with van der Waals surface area (Å²) in [4.78, 5) is 29.9. The first-order chi connectivity index (χ1) is 17.2. The maximum Gasteiger partial charge on any atom is 0.256 e. The predicted molar refractivity (Wildman–Crippen MR) is 138 cm³/mol. The smallest absolute Gasteiger partial charge is 0.256 e. The Labute approximate surface area is 205 Å². The zero-order valence-electron chi connectivity index (χ0n) is 19.8. The molecule has 0 aliphatic carbocycles. The fraction of sp³-hybridized carbons (Fsp3) is 0.241. The van der Waals surface area contributed by atoms with Crippen LogP contribution >= 0.6 is 0 Å². The topological polar surface area (TPSA) is 57.6 Å². The minimum atomic E-state index is 0.0117. The number of hydrogen-bond acceptors (Lipinski definition) is 3. The zero-order chi connectivity index (χ0) is 24.0. The molecule has 0 unspecified atom stereocenters. The van der Waals surface area contributed by atoms with E-state index in [-0.39, 0.29) is 11.8 Å².